The van der Waals surface area contributed by atoms with E-state index in [-0.39, 0.29) is 0 Å². The summed E-state index contributed by atoms with van der Waals surface area (Å²) in [6, 6.07) is 3.94. The first kappa shape index (κ1) is 10.4. The number of thiazole rings is 1. The van der Waals surface area contributed by atoms with Gasteiger partial charge >= 0.3 is 0 Å². The third-order valence-corrected chi connectivity index (χ3v) is 3.78. The molecular formula is C11H10N2S2. The van der Waals surface area contributed by atoms with Crippen LogP contribution in [0.2, 0.25) is 0 Å². The van der Waals surface area contributed by atoms with Crippen LogP contribution in [0.25, 0.3) is 11.3 Å². The van der Waals surface area contributed by atoms with Gasteiger partial charge in [0, 0.05) is 29.1 Å². The third-order valence-electron chi connectivity index (χ3n) is 1.77. The second-order valence-electron chi connectivity index (χ2n) is 2.84. The zero-order valence-corrected chi connectivity index (χ0v) is 9.72. The molecule has 76 valence electrons. The Morgan fingerprint density at radius 3 is 3.20 bits per heavy atom. The molecule has 0 aliphatic carbocycles. The Kier molecular flexibility index (Phi) is 3.53. The molecular weight excluding hydrogens is 224 g/mol. The first-order valence-corrected chi connectivity index (χ1v) is 6.36. The van der Waals surface area contributed by atoms with Crippen LogP contribution in [-0.4, -0.2) is 15.7 Å². The van der Waals surface area contributed by atoms with E-state index in [9.17, 15) is 0 Å². The lowest BCUT2D eigenvalue weighted by molar-refractivity contribution is 1.24. The fourth-order valence-corrected chi connectivity index (χ4v) is 2.70. The van der Waals surface area contributed by atoms with E-state index in [4.69, 9.17) is 0 Å². The molecule has 0 radical (unpaired) electrons. The van der Waals surface area contributed by atoms with Crippen LogP contribution in [0.15, 0.2) is 46.9 Å². The smallest absolute Gasteiger partial charge is 0.150 e. The van der Waals surface area contributed by atoms with E-state index in [2.05, 4.69) is 21.9 Å². The number of nitrogens with zero attached hydrogens (tertiary/aromatic N) is 2. The first-order valence-electron chi connectivity index (χ1n) is 4.50. The van der Waals surface area contributed by atoms with Crippen LogP contribution in [0.1, 0.15) is 0 Å². The SMILES string of the molecule is C=CCSc1nc(-c2cccnc2)cs1. The Bertz CT molecular complexity index is 437. The summed E-state index contributed by atoms with van der Waals surface area (Å²) in [6.45, 7) is 3.69. The van der Waals surface area contributed by atoms with Gasteiger partial charge in [0.25, 0.3) is 0 Å². The van der Waals surface area contributed by atoms with Crippen molar-refractivity contribution in [3.63, 3.8) is 0 Å². The molecule has 0 unspecified atom stereocenters. The lowest BCUT2D eigenvalue weighted by atomic mass is 10.2. The summed E-state index contributed by atoms with van der Waals surface area (Å²) in [6.07, 6.45) is 5.48. The quantitative estimate of drug-likeness (QED) is 0.598. The molecule has 0 bridgehead atoms. The minimum atomic E-state index is 0.903. The zero-order chi connectivity index (χ0) is 10.5. The molecule has 0 aromatic carbocycles. The second-order valence-corrected chi connectivity index (χ2v) is 4.97. The van der Waals surface area contributed by atoms with Gasteiger partial charge in [-0.25, -0.2) is 4.98 Å². The lowest BCUT2D eigenvalue weighted by Gasteiger charge is -1.93. The highest BCUT2D eigenvalue weighted by atomic mass is 32.2. The molecule has 0 atom stereocenters. The van der Waals surface area contributed by atoms with Crippen LogP contribution in [-0.2, 0) is 0 Å². The van der Waals surface area contributed by atoms with Crippen LogP contribution in [0.5, 0.6) is 0 Å². The topological polar surface area (TPSA) is 25.8 Å². The molecule has 0 aliphatic heterocycles. The van der Waals surface area contributed by atoms with Crippen molar-refractivity contribution >= 4 is 23.1 Å². The molecule has 4 heteroatoms. The Balaban J connectivity index is 2.17. The van der Waals surface area contributed by atoms with Crippen molar-refractivity contribution in [3.8, 4) is 11.3 Å². The highest BCUT2D eigenvalue weighted by Gasteiger charge is 2.03. The van der Waals surface area contributed by atoms with Gasteiger partial charge in [0.05, 0.1) is 5.69 Å². The van der Waals surface area contributed by atoms with Crippen molar-refractivity contribution in [2.45, 2.75) is 4.34 Å². The van der Waals surface area contributed by atoms with Gasteiger partial charge in [0.15, 0.2) is 4.34 Å². The summed E-state index contributed by atoms with van der Waals surface area (Å²) in [7, 11) is 0. The van der Waals surface area contributed by atoms with Gasteiger partial charge in [-0.1, -0.05) is 17.8 Å². The Labute approximate surface area is 97.1 Å². The summed E-state index contributed by atoms with van der Waals surface area (Å²) < 4.78 is 1.08. The number of pyridine rings is 1. The normalized spacial score (nSPS) is 10.1. The van der Waals surface area contributed by atoms with Crippen molar-refractivity contribution in [1.82, 2.24) is 9.97 Å². The van der Waals surface area contributed by atoms with Gasteiger partial charge in [0.1, 0.15) is 0 Å². The molecule has 2 rings (SSSR count). The third kappa shape index (κ3) is 2.67. The number of aromatic nitrogens is 2. The summed E-state index contributed by atoms with van der Waals surface area (Å²) in [5.74, 6) is 0.903. The van der Waals surface area contributed by atoms with Crippen LogP contribution in [0.4, 0.5) is 0 Å². The average molecular weight is 234 g/mol. The molecule has 0 saturated heterocycles. The minimum Gasteiger partial charge on any atom is -0.264 e. The zero-order valence-electron chi connectivity index (χ0n) is 8.09. The van der Waals surface area contributed by atoms with Crippen molar-refractivity contribution in [3.05, 3.63) is 42.6 Å². The second kappa shape index (κ2) is 5.09. The van der Waals surface area contributed by atoms with E-state index in [1.807, 2.05) is 24.4 Å². The molecule has 0 aliphatic rings. The highest BCUT2D eigenvalue weighted by Crippen LogP contribution is 2.27. The van der Waals surface area contributed by atoms with Gasteiger partial charge in [-0.15, -0.1) is 17.9 Å². The Morgan fingerprint density at radius 1 is 1.53 bits per heavy atom. The summed E-state index contributed by atoms with van der Waals surface area (Å²) in [5, 5.41) is 2.06. The summed E-state index contributed by atoms with van der Waals surface area (Å²) in [4.78, 5) is 8.59. The highest BCUT2D eigenvalue weighted by molar-refractivity contribution is 8.01. The maximum Gasteiger partial charge on any atom is 0.150 e. The van der Waals surface area contributed by atoms with Crippen LogP contribution >= 0.6 is 23.1 Å². The van der Waals surface area contributed by atoms with Gasteiger partial charge in [-0.3, -0.25) is 4.98 Å². The molecule has 15 heavy (non-hydrogen) atoms. The van der Waals surface area contributed by atoms with E-state index in [0.717, 1.165) is 21.3 Å². The molecule has 0 amide bonds. The van der Waals surface area contributed by atoms with E-state index in [1.165, 1.54) is 0 Å². The molecule has 2 aromatic rings. The van der Waals surface area contributed by atoms with Crippen LogP contribution < -0.4 is 0 Å². The fraction of sp³-hybridized carbons (Fsp3) is 0.0909. The number of rotatable bonds is 4. The monoisotopic (exact) mass is 234 g/mol. The fourth-order valence-electron chi connectivity index (χ4n) is 1.10. The molecule has 0 spiro atoms. The maximum absolute atomic E-state index is 4.51. The maximum atomic E-state index is 4.51. The molecule has 0 saturated carbocycles. The van der Waals surface area contributed by atoms with Crippen molar-refractivity contribution < 1.29 is 0 Å². The Hall–Kier alpha value is -1.13. The molecule has 0 fully saturated rings. The lowest BCUT2D eigenvalue weighted by Crippen LogP contribution is -1.79. The molecule has 2 heterocycles. The van der Waals surface area contributed by atoms with E-state index in [1.54, 1.807) is 29.3 Å². The molecule has 2 nitrogen and oxygen atoms in total. The van der Waals surface area contributed by atoms with Gasteiger partial charge < -0.3 is 0 Å². The van der Waals surface area contributed by atoms with Crippen LogP contribution in [0.3, 0.4) is 0 Å². The van der Waals surface area contributed by atoms with E-state index in [0.29, 0.717) is 0 Å². The summed E-state index contributed by atoms with van der Waals surface area (Å²) >= 11 is 3.37. The van der Waals surface area contributed by atoms with E-state index >= 15 is 0 Å². The standard InChI is InChI=1S/C11H10N2S2/c1-2-6-14-11-13-10(8-15-11)9-4-3-5-12-7-9/h2-5,7-8H,1,6H2. The largest absolute Gasteiger partial charge is 0.264 e. The minimum absolute atomic E-state index is 0.903. The first-order chi connectivity index (χ1) is 7.40. The van der Waals surface area contributed by atoms with Crippen molar-refractivity contribution in [1.29, 1.82) is 0 Å². The summed E-state index contributed by atoms with van der Waals surface area (Å²) in [5.41, 5.74) is 2.07. The predicted octanol–water partition coefficient (Wildman–Crippen LogP) is 3.48. The van der Waals surface area contributed by atoms with E-state index < -0.39 is 0 Å². The van der Waals surface area contributed by atoms with Gasteiger partial charge in [-0.05, 0) is 12.1 Å². The predicted molar refractivity (Wildman–Crippen MR) is 66.3 cm³/mol. The number of hydrogen-bond donors (Lipinski definition) is 0. The van der Waals surface area contributed by atoms with Crippen molar-refractivity contribution in [2.24, 2.45) is 0 Å². The number of hydrogen-bond acceptors (Lipinski definition) is 4. The molecule has 0 N–H and O–H groups in total. The van der Waals surface area contributed by atoms with Crippen molar-refractivity contribution in [2.75, 3.05) is 5.75 Å². The number of thioether (sulfide) groups is 1. The Morgan fingerprint density at radius 2 is 2.47 bits per heavy atom. The van der Waals surface area contributed by atoms with Gasteiger partial charge in [0.2, 0.25) is 0 Å². The molecule has 2 aromatic heterocycles. The van der Waals surface area contributed by atoms with Crippen LogP contribution in [0, 0.1) is 0 Å². The average Bonchev–Trinajstić information content (AvgIpc) is 2.76. The van der Waals surface area contributed by atoms with Gasteiger partial charge in [-0.2, -0.15) is 0 Å².